The van der Waals surface area contributed by atoms with Crippen molar-refractivity contribution in [3.63, 3.8) is 0 Å². The van der Waals surface area contributed by atoms with Gasteiger partial charge in [0.1, 0.15) is 13.6 Å². The van der Waals surface area contributed by atoms with Crippen molar-refractivity contribution in [3.05, 3.63) is 0 Å². The van der Waals surface area contributed by atoms with E-state index in [4.69, 9.17) is 30.4 Å². The minimum atomic E-state index is -0.277. The highest BCUT2D eigenvalue weighted by molar-refractivity contribution is 8.76. The summed E-state index contributed by atoms with van der Waals surface area (Å²) in [6, 6.07) is 2.70. The second-order valence-corrected chi connectivity index (χ2v) is 14.4. The van der Waals surface area contributed by atoms with Crippen molar-refractivity contribution in [2.24, 2.45) is 11.5 Å². The number of hydrogen-bond donors (Lipinski definition) is 2. The van der Waals surface area contributed by atoms with E-state index in [9.17, 15) is 0 Å². The molecule has 0 fully saturated rings. The molecule has 10 heteroatoms. The summed E-state index contributed by atoms with van der Waals surface area (Å²) >= 11 is 0. The molecule has 6 nitrogen and oxygen atoms in total. The zero-order valence-electron chi connectivity index (χ0n) is 18.5. The molecule has 170 valence electrons. The minimum absolute atomic E-state index is 0.109. The third kappa shape index (κ3) is 20.2. The van der Waals surface area contributed by atoms with Crippen LogP contribution < -0.4 is 11.5 Å². The van der Waals surface area contributed by atoms with Gasteiger partial charge in [0.25, 0.3) is 0 Å². The van der Waals surface area contributed by atoms with E-state index in [0.29, 0.717) is 26.7 Å². The number of nitrogens with two attached hydrogens (primary N) is 2. The molecule has 0 heterocycles. The molecule has 0 saturated carbocycles. The van der Waals surface area contributed by atoms with Crippen LogP contribution in [-0.2, 0) is 18.9 Å². The molecule has 0 rings (SSSR count). The second kappa shape index (κ2) is 18.6. The van der Waals surface area contributed by atoms with Crippen molar-refractivity contribution in [1.82, 2.24) is 0 Å². The van der Waals surface area contributed by atoms with Crippen molar-refractivity contribution in [2.75, 3.05) is 50.6 Å². The molecule has 0 unspecified atom stereocenters. The molecule has 28 heavy (non-hydrogen) atoms. The lowest BCUT2D eigenvalue weighted by Crippen LogP contribution is -2.35. The van der Waals surface area contributed by atoms with Crippen molar-refractivity contribution < 1.29 is 18.9 Å². The van der Waals surface area contributed by atoms with Crippen LogP contribution in [0.1, 0.15) is 40.5 Å². The van der Waals surface area contributed by atoms with Gasteiger partial charge in [0.2, 0.25) is 0 Å². The van der Waals surface area contributed by atoms with E-state index in [-0.39, 0.29) is 30.2 Å². The average molecular weight is 473 g/mol. The first-order valence-electron chi connectivity index (χ1n) is 10.4. The van der Waals surface area contributed by atoms with Gasteiger partial charge in [0.05, 0.1) is 30.2 Å². The molecule has 0 aromatic carbocycles. The normalized spacial score (nSPS) is 13.5. The molecule has 0 aromatic rings. The van der Waals surface area contributed by atoms with E-state index in [0.717, 1.165) is 12.5 Å². The summed E-state index contributed by atoms with van der Waals surface area (Å²) in [7, 11) is 3.81. The van der Waals surface area contributed by atoms with Crippen LogP contribution in [0.4, 0.5) is 0 Å². The Morgan fingerprint density at radius 1 is 0.714 bits per heavy atom. The van der Waals surface area contributed by atoms with Crippen LogP contribution in [0.25, 0.3) is 0 Å². The molecule has 4 N–H and O–H groups in total. The monoisotopic (exact) mass is 472 g/mol. The summed E-state index contributed by atoms with van der Waals surface area (Å²) in [6.45, 7) is 9.71. The van der Waals surface area contributed by atoms with Crippen LogP contribution in [0.3, 0.4) is 0 Å². The van der Waals surface area contributed by atoms with Gasteiger partial charge in [-0.2, -0.15) is 0 Å². The Kier molecular flexibility index (Phi) is 19.2. The smallest absolute Gasteiger partial charge is 0.147 e. The topological polar surface area (TPSA) is 89.0 Å². The Morgan fingerprint density at radius 3 is 1.46 bits per heavy atom. The Hall–Kier alpha value is 0.894. The quantitative estimate of drug-likeness (QED) is 0.113. The van der Waals surface area contributed by atoms with Crippen molar-refractivity contribution >= 4 is 40.6 Å². The molecule has 0 aliphatic heterocycles. The van der Waals surface area contributed by atoms with Crippen molar-refractivity contribution in [3.8, 4) is 0 Å². The Balaban J connectivity index is 3.14. The summed E-state index contributed by atoms with van der Waals surface area (Å²) in [5.41, 5.74) is 10.7. The van der Waals surface area contributed by atoms with E-state index in [1.165, 1.54) is 36.4 Å². The fourth-order valence-corrected chi connectivity index (χ4v) is 7.12. The highest BCUT2D eigenvalue weighted by Gasteiger charge is 2.15. The van der Waals surface area contributed by atoms with Gasteiger partial charge in [-0.05, 0) is 40.5 Å². The molecule has 0 atom stereocenters. The molecular weight excluding hydrogens is 429 g/mol. The largest absolute Gasteiger partial charge is 0.359 e. The predicted octanol–water partition coefficient (Wildman–Crippen LogP) is 1.69. The molecule has 0 saturated heterocycles. The SMILES string of the molecule is CC(C)(CN)OCOC[SiH2]CCCSSCCC[SiH2]COCOC(C)(C)CN. The van der Waals surface area contributed by atoms with Gasteiger partial charge in [0, 0.05) is 37.1 Å². The fraction of sp³-hybridized carbons (Fsp3) is 1.00. The Labute approximate surface area is 185 Å². The molecule has 0 aliphatic rings. The fourth-order valence-electron chi connectivity index (χ4n) is 1.84. The van der Waals surface area contributed by atoms with Crippen LogP contribution in [0.5, 0.6) is 0 Å². The summed E-state index contributed by atoms with van der Waals surface area (Å²) in [5.74, 6) is 2.51. The molecule has 0 amide bonds. The lowest BCUT2D eigenvalue weighted by Gasteiger charge is -2.22. The van der Waals surface area contributed by atoms with Gasteiger partial charge in [-0.1, -0.05) is 33.7 Å². The molecule has 0 spiro atoms. The van der Waals surface area contributed by atoms with Crippen molar-refractivity contribution in [1.29, 1.82) is 0 Å². The van der Waals surface area contributed by atoms with Gasteiger partial charge in [-0.3, -0.25) is 0 Å². The van der Waals surface area contributed by atoms with E-state index in [2.05, 4.69) is 0 Å². The van der Waals surface area contributed by atoms with Gasteiger partial charge in [-0.15, -0.1) is 0 Å². The van der Waals surface area contributed by atoms with Gasteiger partial charge >= 0.3 is 0 Å². The Bertz CT molecular complexity index is 326. The van der Waals surface area contributed by atoms with Gasteiger partial charge < -0.3 is 30.4 Å². The zero-order chi connectivity index (χ0) is 21.1. The highest BCUT2D eigenvalue weighted by atomic mass is 33.1. The van der Waals surface area contributed by atoms with Gasteiger partial charge in [0.15, 0.2) is 0 Å². The number of ether oxygens (including phenoxy) is 4. The standard InChI is InChI=1S/C18H44N2O4S2Si2/c1-17(2,11-19)23-13-21-15-27-9-5-7-25-26-8-6-10-28-16-22-14-24-18(3,4)12-20/h5-16,19-20,27-28H2,1-4H3. The maximum atomic E-state index is 5.61. The predicted molar refractivity (Wildman–Crippen MR) is 131 cm³/mol. The first-order chi connectivity index (χ1) is 13.3. The molecule has 0 radical (unpaired) electrons. The van der Waals surface area contributed by atoms with E-state index >= 15 is 0 Å². The summed E-state index contributed by atoms with van der Waals surface area (Å²) < 4.78 is 22.2. The van der Waals surface area contributed by atoms with E-state index < -0.39 is 0 Å². The van der Waals surface area contributed by atoms with Gasteiger partial charge in [-0.25, -0.2) is 0 Å². The van der Waals surface area contributed by atoms with Crippen LogP contribution in [0.2, 0.25) is 12.1 Å². The third-order valence-corrected chi connectivity index (χ3v) is 9.90. The third-order valence-electron chi connectivity index (χ3n) is 4.17. The summed E-state index contributed by atoms with van der Waals surface area (Å²) in [4.78, 5) is 0. The number of hydrogen-bond acceptors (Lipinski definition) is 8. The van der Waals surface area contributed by atoms with Crippen LogP contribution in [0.15, 0.2) is 0 Å². The first kappa shape index (κ1) is 28.9. The minimum Gasteiger partial charge on any atom is -0.359 e. The van der Waals surface area contributed by atoms with E-state index in [1.807, 2.05) is 49.3 Å². The van der Waals surface area contributed by atoms with Crippen LogP contribution in [-0.4, -0.2) is 80.9 Å². The van der Waals surface area contributed by atoms with Crippen molar-refractivity contribution in [2.45, 2.75) is 63.8 Å². The average Bonchev–Trinajstić information content (AvgIpc) is 2.67. The Morgan fingerprint density at radius 2 is 1.11 bits per heavy atom. The second-order valence-electron chi connectivity index (χ2n) is 8.03. The maximum absolute atomic E-state index is 5.61. The molecule has 0 bridgehead atoms. The lowest BCUT2D eigenvalue weighted by atomic mass is 10.1. The molecular formula is C18H44N2O4S2Si2. The molecule has 0 aliphatic carbocycles. The number of rotatable bonds is 21. The summed E-state index contributed by atoms with van der Waals surface area (Å²) in [6.07, 6.45) is 4.42. The highest BCUT2D eigenvalue weighted by Crippen LogP contribution is 2.23. The van der Waals surface area contributed by atoms with E-state index in [1.54, 1.807) is 0 Å². The first-order valence-corrected chi connectivity index (χ1v) is 16.9. The lowest BCUT2D eigenvalue weighted by molar-refractivity contribution is -0.114. The van der Waals surface area contributed by atoms with Crippen LogP contribution in [0, 0.1) is 0 Å². The maximum Gasteiger partial charge on any atom is 0.147 e. The molecule has 0 aromatic heterocycles. The zero-order valence-corrected chi connectivity index (χ0v) is 23.0. The summed E-state index contributed by atoms with van der Waals surface area (Å²) in [5, 5.41) is 0. The van der Waals surface area contributed by atoms with Crippen LogP contribution >= 0.6 is 21.6 Å².